The van der Waals surface area contributed by atoms with Crippen molar-refractivity contribution in [2.45, 2.75) is 38.3 Å². The zero-order chi connectivity index (χ0) is 25.4. The molecule has 3 rings (SSSR count). The van der Waals surface area contributed by atoms with Gasteiger partial charge in [0.05, 0.1) is 28.4 Å². The summed E-state index contributed by atoms with van der Waals surface area (Å²) in [6, 6.07) is 4.88. The van der Waals surface area contributed by atoms with Crippen molar-refractivity contribution in [2.75, 3.05) is 46.4 Å². The number of carbonyl (C=O) groups excluding carboxylic acids is 2. The maximum absolute atomic E-state index is 13.1. The van der Waals surface area contributed by atoms with E-state index in [0.717, 1.165) is 5.56 Å². The summed E-state index contributed by atoms with van der Waals surface area (Å²) in [6.45, 7) is 2.63. The summed E-state index contributed by atoms with van der Waals surface area (Å²) in [4.78, 5) is 39.6. The van der Waals surface area contributed by atoms with Gasteiger partial charge in [0, 0.05) is 38.0 Å². The van der Waals surface area contributed by atoms with Crippen molar-refractivity contribution in [1.82, 2.24) is 25.6 Å². The molecule has 1 saturated heterocycles. The molecular formula is C23H32N6O6. The molecule has 1 aromatic heterocycles. The topological polar surface area (TPSA) is 137 Å². The molecule has 0 radical (unpaired) electrons. The lowest BCUT2D eigenvalue weighted by atomic mass is 10.0. The summed E-state index contributed by atoms with van der Waals surface area (Å²) in [6.07, 6.45) is 1.61. The quantitative estimate of drug-likeness (QED) is 0.493. The summed E-state index contributed by atoms with van der Waals surface area (Å²) < 4.78 is 21.0. The van der Waals surface area contributed by atoms with Gasteiger partial charge in [0.15, 0.2) is 0 Å². The van der Waals surface area contributed by atoms with E-state index in [1.165, 1.54) is 21.1 Å². The molecule has 1 atom stereocenters. The second kappa shape index (κ2) is 12.0. The number of anilines is 1. The van der Waals surface area contributed by atoms with Crippen LogP contribution in [0.25, 0.3) is 0 Å². The van der Waals surface area contributed by atoms with E-state index < -0.39 is 6.04 Å². The Morgan fingerprint density at radius 2 is 1.66 bits per heavy atom. The molecule has 12 heteroatoms. The van der Waals surface area contributed by atoms with Gasteiger partial charge in [-0.25, -0.2) is 0 Å². The standard InChI is InChI=1S/C23H32N6O6/c1-14(30)24-18(13-15-12-17(32-2)6-7-19(15)33-3)20(31)25-16-8-10-29(11-9-16)21-26-22(34-4)28-23(27-21)35-5/h6-7,12,16,18H,8-11,13H2,1-5H3,(H,24,30)(H,25,31). The Bertz CT molecular complexity index is 1010. The molecule has 0 aliphatic carbocycles. The Hall–Kier alpha value is -3.83. The molecule has 2 N–H and O–H groups in total. The summed E-state index contributed by atoms with van der Waals surface area (Å²) >= 11 is 0. The fourth-order valence-corrected chi connectivity index (χ4v) is 3.89. The smallest absolute Gasteiger partial charge is 0.324 e. The Morgan fingerprint density at radius 3 is 2.20 bits per heavy atom. The maximum Gasteiger partial charge on any atom is 0.324 e. The molecule has 35 heavy (non-hydrogen) atoms. The fourth-order valence-electron chi connectivity index (χ4n) is 3.89. The van der Waals surface area contributed by atoms with Gasteiger partial charge in [-0.3, -0.25) is 9.59 Å². The van der Waals surface area contributed by atoms with Gasteiger partial charge in [-0.2, -0.15) is 9.97 Å². The largest absolute Gasteiger partial charge is 0.497 e. The van der Waals surface area contributed by atoms with E-state index in [1.54, 1.807) is 32.4 Å². The highest BCUT2D eigenvalue weighted by atomic mass is 16.5. The third-order valence-corrected chi connectivity index (χ3v) is 5.68. The molecule has 190 valence electrons. The van der Waals surface area contributed by atoms with Crippen LogP contribution in [-0.4, -0.2) is 80.4 Å². The van der Waals surface area contributed by atoms with E-state index in [1.807, 2.05) is 4.90 Å². The number of methoxy groups -OCH3 is 4. The maximum atomic E-state index is 13.1. The van der Waals surface area contributed by atoms with Crippen molar-refractivity contribution in [1.29, 1.82) is 0 Å². The highest BCUT2D eigenvalue weighted by molar-refractivity contribution is 5.87. The van der Waals surface area contributed by atoms with Crippen molar-refractivity contribution in [3.05, 3.63) is 23.8 Å². The van der Waals surface area contributed by atoms with Crippen molar-refractivity contribution < 1.29 is 28.5 Å². The van der Waals surface area contributed by atoms with Crippen LogP contribution in [0.1, 0.15) is 25.3 Å². The third kappa shape index (κ3) is 6.84. The number of piperidine rings is 1. The number of nitrogens with one attached hydrogen (secondary N) is 2. The molecule has 2 heterocycles. The van der Waals surface area contributed by atoms with Crippen LogP contribution < -0.4 is 34.5 Å². The van der Waals surface area contributed by atoms with Crippen molar-refractivity contribution in [3.63, 3.8) is 0 Å². The molecule has 1 aliphatic heterocycles. The lowest BCUT2D eigenvalue weighted by Crippen LogP contribution is -2.52. The van der Waals surface area contributed by atoms with Gasteiger partial charge >= 0.3 is 12.0 Å². The predicted octanol–water partition coefficient (Wildman–Crippen LogP) is 0.738. The monoisotopic (exact) mass is 488 g/mol. The van der Waals surface area contributed by atoms with Crippen molar-refractivity contribution in [2.24, 2.45) is 0 Å². The van der Waals surface area contributed by atoms with E-state index in [-0.39, 0.29) is 36.3 Å². The first-order valence-corrected chi connectivity index (χ1v) is 11.2. The minimum absolute atomic E-state index is 0.0622. The summed E-state index contributed by atoms with van der Waals surface area (Å²) in [7, 11) is 6.09. The molecular weight excluding hydrogens is 456 g/mol. The van der Waals surface area contributed by atoms with Gasteiger partial charge in [-0.1, -0.05) is 0 Å². The molecule has 0 spiro atoms. The molecule has 1 fully saturated rings. The van der Waals surface area contributed by atoms with Crippen LogP contribution in [0.3, 0.4) is 0 Å². The number of amides is 2. The molecule has 2 amide bonds. The Kier molecular flexibility index (Phi) is 8.87. The van der Waals surface area contributed by atoms with Gasteiger partial charge < -0.3 is 34.5 Å². The average molecular weight is 489 g/mol. The number of ether oxygens (including phenoxy) is 4. The van der Waals surface area contributed by atoms with E-state index in [4.69, 9.17) is 18.9 Å². The minimum Gasteiger partial charge on any atom is -0.497 e. The van der Waals surface area contributed by atoms with Crippen LogP contribution in [0, 0.1) is 0 Å². The highest BCUT2D eigenvalue weighted by Gasteiger charge is 2.28. The lowest BCUT2D eigenvalue weighted by molar-refractivity contribution is -0.128. The number of benzene rings is 1. The van der Waals surface area contributed by atoms with E-state index in [0.29, 0.717) is 43.4 Å². The zero-order valence-electron chi connectivity index (χ0n) is 20.7. The number of carbonyl (C=O) groups is 2. The summed E-state index contributed by atoms with van der Waals surface area (Å²) in [5.41, 5.74) is 0.758. The molecule has 1 unspecified atom stereocenters. The SMILES string of the molecule is COc1ccc(OC)c(CC(NC(C)=O)C(=O)NC2CCN(c3nc(OC)nc(OC)n3)CC2)c1. The van der Waals surface area contributed by atoms with Crippen LogP contribution in [0.2, 0.25) is 0 Å². The number of hydrogen-bond donors (Lipinski definition) is 2. The van der Waals surface area contributed by atoms with Crippen molar-refractivity contribution in [3.8, 4) is 23.5 Å². The molecule has 12 nitrogen and oxygen atoms in total. The van der Waals surface area contributed by atoms with Gasteiger partial charge in [0.2, 0.25) is 17.8 Å². The molecule has 2 aromatic rings. The van der Waals surface area contributed by atoms with Crippen molar-refractivity contribution >= 4 is 17.8 Å². The van der Waals surface area contributed by atoms with E-state index >= 15 is 0 Å². The van der Waals surface area contributed by atoms with Gasteiger partial charge in [0.25, 0.3) is 0 Å². The Morgan fingerprint density at radius 1 is 1.00 bits per heavy atom. The minimum atomic E-state index is -0.761. The molecule has 0 bridgehead atoms. The fraction of sp³-hybridized carbons (Fsp3) is 0.522. The molecule has 1 aliphatic rings. The second-order valence-corrected chi connectivity index (χ2v) is 8.01. The van der Waals surface area contributed by atoms with Crippen LogP contribution >= 0.6 is 0 Å². The predicted molar refractivity (Wildman–Crippen MR) is 127 cm³/mol. The van der Waals surface area contributed by atoms with Crippen LogP contribution in [0.4, 0.5) is 5.95 Å². The lowest BCUT2D eigenvalue weighted by Gasteiger charge is -2.33. The zero-order valence-corrected chi connectivity index (χ0v) is 20.7. The summed E-state index contributed by atoms with van der Waals surface area (Å²) in [5.74, 6) is 1.17. The number of rotatable bonds is 10. The third-order valence-electron chi connectivity index (χ3n) is 5.68. The first kappa shape index (κ1) is 25.8. The second-order valence-electron chi connectivity index (χ2n) is 8.01. The van der Waals surface area contributed by atoms with Crippen LogP contribution in [0.15, 0.2) is 18.2 Å². The average Bonchev–Trinajstić information content (AvgIpc) is 2.87. The number of nitrogens with zero attached hydrogens (tertiary/aromatic N) is 4. The Labute approximate surface area is 204 Å². The van der Waals surface area contributed by atoms with Crippen LogP contribution in [-0.2, 0) is 16.0 Å². The Balaban J connectivity index is 1.65. The van der Waals surface area contributed by atoms with E-state index in [9.17, 15) is 9.59 Å². The first-order chi connectivity index (χ1) is 16.9. The molecule has 0 saturated carbocycles. The normalized spacial score (nSPS) is 14.6. The summed E-state index contributed by atoms with van der Waals surface area (Å²) in [5, 5.41) is 5.83. The number of hydrogen-bond acceptors (Lipinski definition) is 10. The number of aromatic nitrogens is 3. The van der Waals surface area contributed by atoms with Crippen LogP contribution in [0.5, 0.6) is 23.5 Å². The van der Waals surface area contributed by atoms with E-state index in [2.05, 4.69) is 25.6 Å². The highest BCUT2D eigenvalue weighted by Crippen LogP contribution is 2.25. The van der Waals surface area contributed by atoms with Gasteiger partial charge in [-0.05, 0) is 31.0 Å². The first-order valence-electron chi connectivity index (χ1n) is 11.2. The van der Waals surface area contributed by atoms with Gasteiger partial charge in [-0.15, -0.1) is 4.98 Å². The molecule has 1 aromatic carbocycles. The van der Waals surface area contributed by atoms with Gasteiger partial charge in [0.1, 0.15) is 17.5 Å².